The normalized spacial score (nSPS) is 10.9. The molecule has 1 N–H and O–H groups in total. The van der Waals surface area contributed by atoms with E-state index in [0.717, 1.165) is 28.4 Å². The van der Waals surface area contributed by atoms with E-state index in [1.54, 1.807) is 22.7 Å². The van der Waals surface area contributed by atoms with Crippen molar-refractivity contribution >= 4 is 43.7 Å². The molecule has 0 radical (unpaired) electrons. The highest BCUT2D eigenvalue weighted by atomic mass is 79.9. The first-order valence-corrected chi connectivity index (χ1v) is 8.14. The number of aromatic nitrogens is 1. The Balaban J connectivity index is 2.08. The van der Waals surface area contributed by atoms with Gasteiger partial charge in [-0.25, -0.2) is 4.98 Å². The Morgan fingerprint density at radius 2 is 2.28 bits per heavy atom. The van der Waals surface area contributed by atoms with Crippen LogP contribution in [0.2, 0.25) is 0 Å². The molecule has 0 fully saturated rings. The van der Waals surface area contributed by atoms with Crippen molar-refractivity contribution in [2.45, 2.75) is 20.0 Å². The van der Waals surface area contributed by atoms with Crippen molar-refractivity contribution < 1.29 is 0 Å². The van der Waals surface area contributed by atoms with Crippen molar-refractivity contribution in [1.29, 1.82) is 0 Å². The van der Waals surface area contributed by atoms with Gasteiger partial charge in [-0.2, -0.15) is 0 Å². The molecule has 0 saturated heterocycles. The van der Waals surface area contributed by atoms with E-state index in [4.69, 9.17) is 0 Å². The number of halogens is 1. The summed E-state index contributed by atoms with van der Waals surface area (Å²) in [4.78, 5) is 9.48. The molecule has 0 saturated carbocycles. The van der Waals surface area contributed by atoms with Gasteiger partial charge in [-0.15, -0.1) is 22.7 Å². The molecule has 0 spiro atoms. The fourth-order valence-corrected chi connectivity index (χ4v) is 4.18. The van der Waals surface area contributed by atoms with Gasteiger partial charge in [-0.3, -0.25) is 0 Å². The molecule has 0 amide bonds. The maximum Gasteiger partial charge on any atom is 0.185 e. The molecule has 6 heteroatoms. The maximum atomic E-state index is 4.63. The van der Waals surface area contributed by atoms with Crippen LogP contribution >= 0.6 is 38.6 Å². The summed E-state index contributed by atoms with van der Waals surface area (Å²) in [7, 11) is 4.06. The summed E-state index contributed by atoms with van der Waals surface area (Å²) in [5, 5.41) is 6.38. The second-order valence-electron chi connectivity index (χ2n) is 4.12. The first-order chi connectivity index (χ1) is 8.60. The molecule has 0 aromatic carbocycles. The van der Waals surface area contributed by atoms with Crippen molar-refractivity contribution in [2.24, 2.45) is 0 Å². The summed E-state index contributed by atoms with van der Waals surface area (Å²) in [6.07, 6.45) is 0. The summed E-state index contributed by atoms with van der Waals surface area (Å²) < 4.78 is 1.15. The lowest BCUT2D eigenvalue weighted by molar-refractivity contribution is 0.822. The van der Waals surface area contributed by atoms with Crippen LogP contribution in [0.15, 0.2) is 15.9 Å². The van der Waals surface area contributed by atoms with Crippen LogP contribution in [0.5, 0.6) is 0 Å². The number of aryl methyl sites for hydroxylation is 1. The fourth-order valence-electron chi connectivity index (χ4n) is 1.64. The minimum atomic E-state index is 0.891. The van der Waals surface area contributed by atoms with Crippen molar-refractivity contribution in [3.05, 3.63) is 31.4 Å². The third-order valence-electron chi connectivity index (χ3n) is 2.56. The second kappa shape index (κ2) is 6.14. The number of hydrogen-bond acceptors (Lipinski definition) is 5. The van der Waals surface area contributed by atoms with E-state index in [1.165, 1.54) is 9.75 Å². The molecular formula is C12H16BrN3S2. The highest BCUT2D eigenvalue weighted by Crippen LogP contribution is 2.28. The van der Waals surface area contributed by atoms with E-state index in [-0.39, 0.29) is 0 Å². The quantitative estimate of drug-likeness (QED) is 0.896. The van der Waals surface area contributed by atoms with Crippen LogP contribution in [0.3, 0.4) is 0 Å². The monoisotopic (exact) mass is 345 g/mol. The summed E-state index contributed by atoms with van der Waals surface area (Å²) in [6, 6.07) is 2.16. The van der Waals surface area contributed by atoms with Crippen LogP contribution < -0.4 is 10.2 Å². The molecule has 0 aliphatic carbocycles. The number of thiazole rings is 1. The predicted octanol–water partition coefficient (Wildman–Crippen LogP) is 3.63. The summed E-state index contributed by atoms with van der Waals surface area (Å²) in [6.45, 7) is 3.87. The molecule has 0 unspecified atom stereocenters. The van der Waals surface area contributed by atoms with Crippen molar-refractivity contribution in [3.63, 3.8) is 0 Å². The number of nitrogens with zero attached hydrogens (tertiary/aromatic N) is 2. The van der Waals surface area contributed by atoms with Crippen LogP contribution in [0.25, 0.3) is 0 Å². The molecule has 98 valence electrons. The first kappa shape index (κ1) is 14.0. The molecule has 2 rings (SSSR count). The van der Waals surface area contributed by atoms with E-state index in [0.29, 0.717) is 0 Å². The Kier molecular flexibility index (Phi) is 4.77. The van der Waals surface area contributed by atoms with Crippen LogP contribution in [0, 0.1) is 6.92 Å². The lowest BCUT2D eigenvalue weighted by Gasteiger charge is -2.14. The molecule has 0 atom stereocenters. The third-order valence-corrected chi connectivity index (χ3v) is 5.51. The van der Waals surface area contributed by atoms with Crippen molar-refractivity contribution in [3.8, 4) is 0 Å². The highest BCUT2D eigenvalue weighted by molar-refractivity contribution is 9.10. The van der Waals surface area contributed by atoms with Crippen LogP contribution in [0.4, 0.5) is 5.13 Å². The topological polar surface area (TPSA) is 28.2 Å². The Bertz CT molecular complexity index is 521. The molecule has 18 heavy (non-hydrogen) atoms. The van der Waals surface area contributed by atoms with Gasteiger partial charge in [0.25, 0.3) is 0 Å². The fraction of sp³-hybridized carbons (Fsp3) is 0.417. The van der Waals surface area contributed by atoms with Crippen LogP contribution in [0.1, 0.15) is 15.4 Å². The van der Waals surface area contributed by atoms with Crippen LogP contribution in [-0.2, 0) is 13.1 Å². The summed E-state index contributed by atoms with van der Waals surface area (Å²) in [5.41, 5.74) is 1.13. The molecule has 3 nitrogen and oxygen atoms in total. The number of thiophene rings is 1. The maximum absolute atomic E-state index is 4.63. The minimum Gasteiger partial charge on any atom is -0.346 e. The second-order valence-corrected chi connectivity index (χ2v) is 7.10. The van der Waals surface area contributed by atoms with Gasteiger partial charge in [0, 0.05) is 33.2 Å². The van der Waals surface area contributed by atoms with Gasteiger partial charge < -0.3 is 10.2 Å². The van der Waals surface area contributed by atoms with Gasteiger partial charge in [0.05, 0.1) is 12.2 Å². The molecule has 0 aliphatic heterocycles. The van der Waals surface area contributed by atoms with Gasteiger partial charge in [-0.05, 0) is 36.0 Å². The average molecular weight is 346 g/mol. The molecule has 2 aromatic rings. The largest absolute Gasteiger partial charge is 0.346 e. The Labute approximate surface area is 124 Å². The first-order valence-electron chi connectivity index (χ1n) is 5.65. The third kappa shape index (κ3) is 3.32. The van der Waals surface area contributed by atoms with Gasteiger partial charge >= 0.3 is 0 Å². The minimum absolute atomic E-state index is 0.891. The molecule has 0 aliphatic rings. The van der Waals surface area contributed by atoms with E-state index >= 15 is 0 Å². The van der Waals surface area contributed by atoms with Crippen molar-refractivity contribution in [1.82, 2.24) is 10.3 Å². The molecular weight excluding hydrogens is 330 g/mol. The van der Waals surface area contributed by atoms with E-state index in [2.05, 4.69) is 56.5 Å². The number of nitrogens with one attached hydrogen (secondary N) is 1. The van der Waals surface area contributed by atoms with Gasteiger partial charge in [0.1, 0.15) is 0 Å². The Morgan fingerprint density at radius 3 is 2.89 bits per heavy atom. The summed E-state index contributed by atoms with van der Waals surface area (Å²) in [5.74, 6) is 0. The van der Waals surface area contributed by atoms with E-state index < -0.39 is 0 Å². The molecule has 2 aromatic heterocycles. The number of anilines is 1. The zero-order valence-electron chi connectivity index (χ0n) is 10.7. The van der Waals surface area contributed by atoms with Gasteiger partial charge in [0.15, 0.2) is 5.13 Å². The predicted molar refractivity (Wildman–Crippen MR) is 83.7 cm³/mol. The van der Waals surface area contributed by atoms with Gasteiger partial charge in [0.2, 0.25) is 0 Å². The van der Waals surface area contributed by atoms with Gasteiger partial charge in [-0.1, -0.05) is 0 Å². The molecule has 0 bridgehead atoms. The number of hydrogen-bond donors (Lipinski definition) is 1. The van der Waals surface area contributed by atoms with E-state index in [1.807, 2.05) is 7.05 Å². The van der Waals surface area contributed by atoms with Crippen molar-refractivity contribution in [2.75, 3.05) is 19.0 Å². The zero-order valence-corrected chi connectivity index (χ0v) is 13.9. The van der Waals surface area contributed by atoms with E-state index in [9.17, 15) is 0 Å². The Hall–Kier alpha value is -0.430. The summed E-state index contributed by atoms with van der Waals surface area (Å²) >= 11 is 7.02. The SMILES string of the molecule is CNCc1sc(N(C)Cc2cc(Br)cs2)nc1C. The Morgan fingerprint density at radius 1 is 1.50 bits per heavy atom. The standard InChI is InChI=1S/C12H16BrN3S2/c1-8-11(5-14-2)18-12(15-8)16(3)6-10-4-9(13)7-17-10/h4,7,14H,5-6H2,1-3H3. The lowest BCUT2D eigenvalue weighted by Crippen LogP contribution is -2.15. The number of rotatable bonds is 5. The average Bonchev–Trinajstić information content (AvgIpc) is 2.87. The lowest BCUT2D eigenvalue weighted by atomic mass is 10.4. The smallest absolute Gasteiger partial charge is 0.185 e. The zero-order chi connectivity index (χ0) is 13.1. The molecule has 2 heterocycles. The van der Waals surface area contributed by atoms with Crippen LogP contribution in [-0.4, -0.2) is 19.1 Å². The highest BCUT2D eigenvalue weighted by Gasteiger charge is 2.11.